The van der Waals surface area contributed by atoms with Crippen molar-refractivity contribution < 1.29 is 9.72 Å². The Morgan fingerprint density at radius 2 is 2.11 bits per heavy atom. The first-order chi connectivity index (χ1) is 13.4. The summed E-state index contributed by atoms with van der Waals surface area (Å²) in [6.07, 6.45) is 0. The van der Waals surface area contributed by atoms with Gasteiger partial charge in [0.2, 0.25) is 5.91 Å². The number of aryl methyl sites for hydroxylation is 1. The monoisotopic (exact) mass is 417 g/mol. The molecule has 3 rings (SSSR count). The van der Waals surface area contributed by atoms with Crippen LogP contribution in [0.5, 0.6) is 0 Å². The Morgan fingerprint density at radius 1 is 1.36 bits per heavy atom. The molecule has 3 aromatic rings. The van der Waals surface area contributed by atoms with Gasteiger partial charge in [-0.05, 0) is 32.9 Å². The number of benzene rings is 1. The second kappa shape index (κ2) is 8.53. The van der Waals surface area contributed by atoms with Gasteiger partial charge in [0.25, 0.3) is 5.69 Å². The van der Waals surface area contributed by atoms with Crippen molar-refractivity contribution in [1.82, 2.24) is 14.8 Å². The molecule has 0 aliphatic rings. The van der Waals surface area contributed by atoms with Crippen LogP contribution in [0.3, 0.4) is 0 Å². The van der Waals surface area contributed by atoms with Crippen molar-refractivity contribution in [2.75, 3.05) is 11.1 Å². The number of rotatable bonds is 7. The van der Waals surface area contributed by atoms with E-state index in [9.17, 15) is 14.9 Å². The van der Waals surface area contributed by atoms with E-state index in [1.807, 2.05) is 30.7 Å². The summed E-state index contributed by atoms with van der Waals surface area (Å²) in [6, 6.07) is 8.23. The summed E-state index contributed by atoms with van der Waals surface area (Å²) < 4.78 is 1.99. The lowest BCUT2D eigenvalue weighted by molar-refractivity contribution is -0.383. The minimum Gasteiger partial charge on any atom is -0.320 e. The molecule has 0 atom stereocenters. The number of nitro groups is 1. The van der Waals surface area contributed by atoms with Gasteiger partial charge in [0.05, 0.1) is 10.7 Å². The van der Waals surface area contributed by atoms with Gasteiger partial charge in [-0.2, -0.15) is 0 Å². The second-order valence-electron chi connectivity index (χ2n) is 6.33. The van der Waals surface area contributed by atoms with Crippen LogP contribution in [0.15, 0.2) is 40.9 Å². The number of carbonyl (C=O) groups is 1. The number of carbonyl (C=O) groups excluding carboxylic acids is 1. The van der Waals surface area contributed by atoms with Gasteiger partial charge in [-0.1, -0.05) is 23.9 Å². The quantitative estimate of drug-likeness (QED) is 0.344. The summed E-state index contributed by atoms with van der Waals surface area (Å²) >= 11 is 2.90. The Kier molecular flexibility index (Phi) is 6.10. The number of hydrogen-bond acceptors (Lipinski definition) is 7. The zero-order valence-electron chi connectivity index (χ0n) is 15.6. The van der Waals surface area contributed by atoms with E-state index in [1.165, 1.54) is 28.8 Å². The number of nitro benzene ring substituents is 1. The molecule has 0 fully saturated rings. The van der Waals surface area contributed by atoms with E-state index < -0.39 is 4.92 Å². The lowest BCUT2D eigenvalue weighted by Gasteiger charge is -2.13. The lowest BCUT2D eigenvalue weighted by atomic mass is 10.2. The maximum absolute atomic E-state index is 12.3. The summed E-state index contributed by atoms with van der Waals surface area (Å²) in [6.45, 7) is 6.10. The molecule has 0 saturated heterocycles. The van der Waals surface area contributed by atoms with Crippen LogP contribution in [0.25, 0.3) is 11.4 Å². The number of hydrogen-bond donors (Lipinski definition) is 1. The molecule has 2 heterocycles. The number of amides is 1. The fourth-order valence-corrected chi connectivity index (χ4v) is 4.20. The number of thioether (sulfide) groups is 1. The molecule has 0 saturated carbocycles. The van der Waals surface area contributed by atoms with Gasteiger partial charge in [0.1, 0.15) is 5.69 Å². The molecule has 0 bridgehead atoms. The molecule has 0 unspecified atom stereocenters. The highest BCUT2D eigenvalue weighted by Gasteiger charge is 2.20. The van der Waals surface area contributed by atoms with Crippen molar-refractivity contribution in [3.8, 4) is 11.4 Å². The molecule has 0 radical (unpaired) electrons. The fraction of sp³-hybridized carbons (Fsp3) is 0.278. The lowest BCUT2D eigenvalue weighted by Crippen LogP contribution is -2.16. The fourth-order valence-electron chi connectivity index (χ4n) is 2.65. The van der Waals surface area contributed by atoms with Crippen LogP contribution < -0.4 is 5.32 Å². The average molecular weight is 418 g/mol. The first-order valence-corrected chi connectivity index (χ1v) is 10.4. The zero-order chi connectivity index (χ0) is 20.3. The second-order valence-corrected chi connectivity index (χ2v) is 8.38. The molecule has 1 amide bonds. The third-order valence-corrected chi connectivity index (χ3v) is 5.68. The first-order valence-electron chi connectivity index (χ1n) is 8.53. The van der Waals surface area contributed by atoms with Crippen LogP contribution in [0, 0.1) is 17.0 Å². The maximum atomic E-state index is 12.3. The van der Waals surface area contributed by atoms with E-state index in [0.717, 1.165) is 11.4 Å². The Balaban J connectivity index is 1.74. The van der Waals surface area contributed by atoms with E-state index in [0.29, 0.717) is 5.16 Å². The van der Waals surface area contributed by atoms with Gasteiger partial charge in [-0.25, -0.2) is 0 Å². The summed E-state index contributed by atoms with van der Waals surface area (Å²) in [5.74, 6) is 0.492. The Labute approximate surface area is 170 Å². The molecule has 2 aromatic heterocycles. The summed E-state index contributed by atoms with van der Waals surface area (Å²) in [5.41, 5.74) is 1.04. The minimum absolute atomic E-state index is 0.0690. The number of nitrogens with one attached hydrogen (secondary N) is 1. The number of anilines is 1. The van der Waals surface area contributed by atoms with Crippen LogP contribution in [0.1, 0.15) is 24.8 Å². The van der Waals surface area contributed by atoms with E-state index in [-0.39, 0.29) is 29.1 Å². The van der Waals surface area contributed by atoms with Crippen molar-refractivity contribution in [2.24, 2.45) is 0 Å². The van der Waals surface area contributed by atoms with Crippen molar-refractivity contribution in [1.29, 1.82) is 0 Å². The molecule has 8 nitrogen and oxygen atoms in total. The third-order valence-electron chi connectivity index (χ3n) is 3.88. The molecule has 1 aromatic carbocycles. The largest absolute Gasteiger partial charge is 0.320 e. The average Bonchev–Trinajstić information content (AvgIpc) is 3.26. The highest BCUT2D eigenvalue weighted by Crippen LogP contribution is 2.30. The van der Waals surface area contributed by atoms with Crippen molar-refractivity contribution in [3.05, 3.63) is 50.7 Å². The first kappa shape index (κ1) is 20.0. The SMILES string of the molecule is Cc1cc(-c2nnc(SCC(=O)Nc3ccccc3[N+](=O)[O-])n2C(C)C)cs1. The van der Waals surface area contributed by atoms with Crippen molar-refractivity contribution in [2.45, 2.75) is 32.0 Å². The van der Waals surface area contributed by atoms with Crippen LogP contribution in [-0.4, -0.2) is 31.3 Å². The van der Waals surface area contributed by atoms with E-state index in [4.69, 9.17) is 0 Å². The molecular weight excluding hydrogens is 398 g/mol. The third kappa shape index (κ3) is 4.39. The van der Waals surface area contributed by atoms with E-state index >= 15 is 0 Å². The topological polar surface area (TPSA) is 103 Å². The standard InChI is InChI=1S/C18H19N5O3S2/c1-11(2)22-17(13-8-12(3)27-9-13)20-21-18(22)28-10-16(24)19-14-6-4-5-7-15(14)23(25)26/h4-9,11H,10H2,1-3H3,(H,19,24). The summed E-state index contributed by atoms with van der Waals surface area (Å²) in [7, 11) is 0. The van der Waals surface area contributed by atoms with Gasteiger partial charge < -0.3 is 5.32 Å². The van der Waals surface area contributed by atoms with Gasteiger partial charge in [0.15, 0.2) is 11.0 Å². The zero-order valence-corrected chi connectivity index (χ0v) is 17.2. The Hall–Kier alpha value is -2.72. The van der Waals surface area contributed by atoms with Gasteiger partial charge in [0, 0.05) is 27.9 Å². The van der Waals surface area contributed by atoms with Crippen LogP contribution in [0.2, 0.25) is 0 Å². The van der Waals surface area contributed by atoms with Crippen molar-refractivity contribution in [3.63, 3.8) is 0 Å². The number of para-hydroxylation sites is 2. The summed E-state index contributed by atoms with van der Waals surface area (Å²) in [4.78, 5) is 24.0. The van der Waals surface area contributed by atoms with E-state index in [1.54, 1.807) is 23.5 Å². The maximum Gasteiger partial charge on any atom is 0.292 e. The molecule has 0 aliphatic carbocycles. The van der Waals surface area contributed by atoms with E-state index in [2.05, 4.69) is 21.6 Å². The normalized spacial score (nSPS) is 11.0. The highest BCUT2D eigenvalue weighted by molar-refractivity contribution is 7.99. The predicted octanol–water partition coefficient (Wildman–Crippen LogP) is 4.53. The van der Waals surface area contributed by atoms with Crippen molar-refractivity contribution >= 4 is 40.4 Å². The Bertz CT molecular complexity index is 1010. The molecule has 10 heteroatoms. The van der Waals surface area contributed by atoms with Gasteiger partial charge >= 0.3 is 0 Å². The van der Waals surface area contributed by atoms with Crippen LogP contribution >= 0.6 is 23.1 Å². The number of aromatic nitrogens is 3. The number of thiophene rings is 1. The predicted molar refractivity (Wildman–Crippen MR) is 111 cm³/mol. The molecule has 0 aliphatic heterocycles. The van der Waals surface area contributed by atoms with Gasteiger partial charge in [-0.3, -0.25) is 19.5 Å². The van der Waals surface area contributed by atoms with Crippen LogP contribution in [0.4, 0.5) is 11.4 Å². The molecule has 28 heavy (non-hydrogen) atoms. The minimum atomic E-state index is -0.521. The highest BCUT2D eigenvalue weighted by atomic mass is 32.2. The Morgan fingerprint density at radius 3 is 2.75 bits per heavy atom. The summed E-state index contributed by atoms with van der Waals surface area (Å²) in [5, 5.41) is 24.9. The smallest absolute Gasteiger partial charge is 0.292 e. The molecule has 1 N–H and O–H groups in total. The van der Waals surface area contributed by atoms with Crippen LogP contribution in [-0.2, 0) is 4.79 Å². The van der Waals surface area contributed by atoms with Gasteiger partial charge in [-0.15, -0.1) is 21.5 Å². The molecular formula is C18H19N5O3S2. The molecule has 146 valence electrons. The molecule has 0 spiro atoms. The number of nitrogens with zero attached hydrogens (tertiary/aromatic N) is 4.